The molecular weight excluding hydrogens is 255 g/mol. The van der Waals surface area contributed by atoms with E-state index in [-0.39, 0.29) is 31.8 Å². The third kappa shape index (κ3) is 8.20. The zero-order chi connectivity index (χ0) is 12.7. The summed E-state index contributed by atoms with van der Waals surface area (Å²) in [5, 5.41) is 7.48. The Morgan fingerprint density at radius 1 is 1.25 bits per heavy atom. The standard InChI is InChI=1S/C7H19N2O5PS/c1-3-13-15(10,14-4-2)7-9-5-6-16(8,11)12/h9H,3-7H2,1-2H3,(H2,8,11,12). The molecule has 16 heavy (non-hydrogen) atoms. The molecule has 0 aliphatic heterocycles. The molecule has 3 N–H and O–H groups in total. The van der Waals surface area contributed by atoms with Crippen molar-refractivity contribution in [3.05, 3.63) is 0 Å². The van der Waals surface area contributed by atoms with Gasteiger partial charge in [-0.25, -0.2) is 13.6 Å². The summed E-state index contributed by atoms with van der Waals surface area (Å²) in [7, 11) is -6.65. The number of hydrogen-bond donors (Lipinski definition) is 2. The highest BCUT2D eigenvalue weighted by Gasteiger charge is 2.22. The summed E-state index contributed by atoms with van der Waals surface area (Å²) in [6.07, 6.45) is -0.0236. The van der Waals surface area contributed by atoms with Crippen molar-refractivity contribution in [1.29, 1.82) is 0 Å². The maximum Gasteiger partial charge on any atom is 0.344 e. The molecule has 0 unspecified atom stereocenters. The van der Waals surface area contributed by atoms with Gasteiger partial charge in [0.15, 0.2) is 0 Å². The van der Waals surface area contributed by atoms with Gasteiger partial charge in [0.1, 0.15) is 0 Å². The first-order valence-corrected chi connectivity index (χ1v) is 8.36. The van der Waals surface area contributed by atoms with Gasteiger partial charge in [-0.2, -0.15) is 0 Å². The van der Waals surface area contributed by atoms with Crippen molar-refractivity contribution in [1.82, 2.24) is 5.32 Å². The molecule has 9 heteroatoms. The molecule has 0 radical (unpaired) electrons. The maximum atomic E-state index is 11.9. The van der Waals surface area contributed by atoms with Crippen molar-refractivity contribution in [2.45, 2.75) is 13.8 Å². The first kappa shape index (κ1) is 16.0. The topological polar surface area (TPSA) is 108 Å². The number of primary sulfonamides is 1. The second kappa shape index (κ2) is 7.37. The van der Waals surface area contributed by atoms with E-state index < -0.39 is 17.6 Å². The predicted octanol–water partition coefficient (Wildman–Crippen LogP) is 0.0881. The van der Waals surface area contributed by atoms with Gasteiger partial charge in [0.05, 0.1) is 25.3 Å². The molecule has 0 rings (SSSR count). The monoisotopic (exact) mass is 274 g/mol. The van der Waals surface area contributed by atoms with Crippen molar-refractivity contribution in [3.8, 4) is 0 Å². The van der Waals surface area contributed by atoms with Crippen LogP contribution in [0.3, 0.4) is 0 Å². The fourth-order valence-corrected chi connectivity index (χ4v) is 2.86. The van der Waals surface area contributed by atoms with E-state index >= 15 is 0 Å². The predicted molar refractivity (Wildman–Crippen MR) is 61.7 cm³/mol. The Labute approximate surface area is 96.3 Å². The van der Waals surface area contributed by atoms with Crippen molar-refractivity contribution in [2.75, 3.05) is 31.8 Å². The summed E-state index contributed by atoms with van der Waals surface area (Å²) < 4.78 is 43.1. The van der Waals surface area contributed by atoms with Crippen LogP contribution in [0.15, 0.2) is 0 Å². The number of nitrogens with two attached hydrogens (primary N) is 1. The Bertz CT molecular complexity index is 322. The summed E-state index contributed by atoms with van der Waals surface area (Å²) in [5.74, 6) is -0.217. The maximum absolute atomic E-state index is 11.9. The molecule has 0 aliphatic rings. The van der Waals surface area contributed by atoms with E-state index in [9.17, 15) is 13.0 Å². The van der Waals surface area contributed by atoms with E-state index in [2.05, 4.69) is 5.32 Å². The second-order valence-corrected chi connectivity index (χ2v) is 6.76. The average Bonchev–Trinajstić information content (AvgIpc) is 2.12. The van der Waals surface area contributed by atoms with Crippen LogP contribution in [0.1, 0.15) is 13.8 Å². The molecule has 0 aliphatic carbocycles. The molecule has 98 valence electrons. The van der Waals surface area contributed by atoms with Gasteiger partial charge in [0, 0.05) is 6.54 Å². The quantitative estimate of drug-likeness (QED) is 0.455. The Morgan fingerprint density at radius 3 is 2.12 bits per heavy atom. The molecule has 0 aromatic rings. The minimum Gasteiger partial charge on any atom is -0.308 e. The van der Waals surface area contributed by atoms with Crippen LogP contribution in [-0.2, 0) is 23.6 Å². The third-order valence-electron chi connectivity index (χ3n) is 1.52. The molecule has 0 aromatic heterocycles. The van der Waals surface area contributed by atoms with Crippen molar-refractivity contribution >= 4 is 17.6 Å². The molecule has 0 fully saturated rings. The Balaban J connectivity index is 3.99. The van der Waals surface area contributed by atoms with Crippen LogP contribution in [0.4, 0.5) is 0 Å². The fourth-order valence-electron chi connectivity index (χ4n) is 0.952. The third-order valence-corrected chi connectivity index (χ3v) is 4.21. The highest BCUT2D eigenvalue weighted by atomic mass is 32.2. The number of sulfonamides is 1. The second-order valence-electron chi connectivity index (χ2n) is 2.97. The summed E-state index contributed by atoms with van der Waals surface area (Å²) in [6, 6.07) is 0. The first-order valence-electron chi connectivity index (χ1n) is 4.92. The van der Waals surface area contributed by atoms with E-state index in [4.69, 9.17) is 14.2 Å². The number of nitrogens with one attached hydrogen (secondary N) is 1. The molecule has 0 bridgehead atoms. The molecular formula is C7H19N2O5PS. The van der Waals surface area contributed by atoms with E-state index in [0.29, 0.717) is 0 Å². The summed E-state index contributed by atoms with van der Waals surface area (Å²) in [5.41, 5.74) is 0. The van der Waals surface area contributed by atoms with Crippen LogP contribution in [-0.4, -0.2) is 40.2 Å². The minimum absolute atomic E-state index is 0.0236. The lowest BCUT2D eigenvalue weighted by atomic mass is 10.8. The first-order chi connectivity index (χ1) is 7.33. The molecule has 0 saturated carbocycles. The smallest absolute Gasteiger partial charge is 0.308 e. The van der Waals surface area contributed by atoms with E-state index in [1.165, 1.54) is 0 Å². The molecule has 0 atom stereocenters. The lowest BCUT2D eigenvalue weighted by Gasteiger charge is -2.17. The SMILES string of the molecule is CCOP(=O)(CNCCS(N)(=O)=O)OCC. The lowest BCUT2D eigenvalue weighted by molar-refractivity contribution is 0.218. The fraction of sp³-hybridized carbons (Fsp3) is 1.00. The van der Waals surface area contributed by atoms with Gasteiger partial charge in [-0.1, -0.05) is 0 Å². The average molecular weight is 274 g/mol. The van der Waals surface area contributed by atoms with Gasteiger partial charge < -0.3 is 14.4 Å². The molecule has 0 spiro atoms. The Morgan fingerprint density at radius 2 is 1.75 bits per heavy atom. The van der Waals surface area contributed by atoms with Crippen molar-refractivity contribution < 1.29 is 22.0 Å². The van der Waals surface area contributed by atoms with Crippen molar-refractivity contribution in [2.24, 2.45) is 5.14 Å². The van der Waals surface area contributed by atoms with Crippen molar-refractivity contribution in [3.63, 3.8) is 0 Å². The van der Waals surface area contributed by atoms with Gasteiger partial charge in [-0.3, -0.25) is 4.57 Å². The van der Waals surface area contributed by atoms with Crippen LogP contribution >= 0.6 is 7.60 Å². The highest BCUT2D eigenvalue weighted by molar-refractivity contribution is 7.89. The largest absolute Gasteiger partial charge is 0.344 e. The molecule has 0 aromatic carbocycles. The van der Waals surface area contributed by atoms with Gasteiger partial charge in [-0.05, 0) is 13.8 Å². The summed E-state index contributed by atoms with van der Waals surface area (Å²) >= 11 is 0. The molecule has 7 nitrogen and oxygen atoms in total. The molecule has 0 saturated heterocycles. The minimum atomic E-state index is -3.50. The summed E-state index contributed by atoms with van der Waals surface area (Å²) in [6.45, 7) is 4.07. The van der Waals surface area contributed by atoms with E-state index in [0.717, 1.165) is 0 Å². The normalized spacial score (nSPS) is 12.9. The van der Waals surface area contributed by atoms with Crippen LogP contribution < -0.4 is 10.5 Å². The lowest BCUT2D eigenvalue weighted by Crippen LogP contribution is -2.28. The summed E-state index contributed by atoms with van der Waals surface area (Å²) in [4.78, 5) is 0. The zero-order valence-corrected chi connectivity index (χ0v) is 11.2. The van der Waals surface area contributed by atoms with Crippen LogP contribution in [0.2, 0.25) is 0 Å². The van der Waals surface area contributed by atoms with E-state index in [1.54, 1.807) is 13.8 Å². The number of rotatable bonds is 9. The highest BCUT2D eigenvalue weighted by Crippen LogP contribution is 2.46. The molecule has 0 amide bonds. The zero-order valence-electron chi connectivity index (χ0n) is 9.51. The Hall–Kier alpha value is 0.0200. The van der Waals surface area contributed by atoms with Crippen LogP contribution in [0, 0.1) is 0 Å². The number of hydrogen-bond acceptors (Lipinski definition) is 6. The Kier molecular flexibility index (Phi) is 7.38. The molecule has 0 heterocycles. The van der Waals surface area contributed by atoms with Gasteiger partial charge in [0.25, 0.3) is 0 Å². The van der Waals surface area contributed by atoms with Crippen LogP contribution in [0.25, 0.3) is 0 Å². The van der Waals surface area contributed by atoms with Gasteiger partial charge in [0.2, 0.25) is 10.0 Å². The van der Waals surface area contributed by atoms with Gasteiger partial charge in [-0.15, -0.1) is 0 Å². The van der Waals surface area contributed by atoms with Crippen LogP contribution in [0.5, 0.6) is 0 Å². The van der Waals surface area contributed by atoms with E-state index in [1.807, 2.05) is 0 Å². The van der Waals surface area contributed by atoms with Gasteiger partial charge >= 0.3 is 7.60 Å².